The van der Waals surface area contributed by atoms with Crippen LogP contribution in [0.2, 0.25) is 0 Å². The third-order valence-electron chi connectivity index (χ3n) is 5.78. The Bertz CT molecular complexity index is 876. The summed E-state index contributed by atoms with van der Waals surface area (Å²) in [6, 6.07) is 4.04. The second kappa shape index (κ2) is 9.92. The van der Waals surface area contributed by atoms with E-state index < -0.39 is 16.1 Å². The first-order chi connectivity index (χ1) is 14.2. The first-order valence-electron chi connectivity index (χ1n) is 11.0. The summed E-state index contributed by atoms with van der Waals surface area (Å²) in [5.41, 5.74) is 1.46. The van der Waals surface area contributed by atoms with Crippen LogP contribution in [0.15, 0.2) is 23.1 Å². The molecule has 0 unspecified atom stereocenters. The van der Waals surface area contributed by atoms with E-state index in [2.05, 4.69) is 15.4 Å². The van der Waals surface area contributed by atoms with Crippen molar-refractivity contribution in [2.75, 3.05) is 5.32 Å². The molecule has 0 bridgehead atoms. The Morgan fingerprint density at radius 1 is 1.13 bits per heavy atom. The number of benzene rings is 1. The molecule has 1 fully saturated rings. The normalized spacial score (nSPS) is 19.0. The van der Waals surface area contributed by atoms with Gasteiger partial charge >= 0.3 is 0 Å². The van der Waals surface area contributed by atoms with Crippen molar-refractivity contribution in [3.63, 3.8) is 0 Å². The molecule has 1 saturated carbocycles. The summed E-state index contributed by atoms with van der Waals surface area (Å²) in [5, 5.41) is 5.86. The SMILES string of the molecule is CC(C)C[C@@H](NS(=O)(=O)c1ccc2c(c1)CCCC(=O)N2)C(=O)NC1CCCCC1. The van der Waals surface area contributed by atoms with Gasteiger partial charge in [0.15, 0.2) is 0 Å². The number of fused-ring (bicyclic) bond motifs is 1. The van der Waals surface area contributed by atoms with Crippen molar-refractivity contribution in [1.29, 1.82) is 0 Å². The molecule has 0 radical (unpaired) electrons. The molecule has 1 aliphatic heterocycles. The Balaban J connectivity index is 1.76. The van der Waals surface area contributed by atoms with Crippen LogP contribution in [0.3, 0.4) is 0 Å². The Labute approximate surface area is 179 Å². The van der Waals surface area contributed by atoms with E-state index in [1.807, 2.05) is 13.8 Å². The smallest absolute Gasteiger partial charge is 0.241 e. The number of anilines is 1. The Hall–Kier alpha value is -1.93. The number of carbonyl (C=O) groups excluding carboxylic acids is 2. The predicted octanol–water partition coefficient (Wildman–Crippen LogP) is 3.10. The summed E-state index contributed by atoms with van der Waals surface area (Å²) in [6.07, 6.45) is 7.44. The lowest BCUT2D eigenvalue weighted by molar-refractivity contribution is -0.124. The third kappa shape index (κ3) is 6.04. The maximum atomic E-state index is 13.1. The summed E-state index contributed by atoms with van der Waals surface area (Å²) in [5.74, 6) is -0.142. The lowest BCUT2D eigenvalue weighted by atomic mass is 9.95. The highest BCUT2D eigenvalue weighted by atomic mass is 32.2. The van der Waals surface area contributed by atoms with Crippen molar-refractivity contribution in [3.05, 3.63) is 23.8 Å². The van der Waals surface area contributed by atoms with Crippen molar-refractivity contribution in [1.82, 2.24) is 10.0 Å². The van der Waals surface area contributed by atoms with Gasteiger partial charge < -0.3 is 10.6 Å². The van der Waals surface area contributed by atoms with Gasteiger partial charge in [0.2, 0.25) is 21.8 Å². The molecule has 1 atom stereocenters. The topological polar surface area (TPSA) is 104 Å². The fourth-order valence-corrected chi connectivity index (χ4v) is 5.46. The fraction of sp³-hybridized carbons (Fsp3) is 0.636. The average molecular weight is 436 g/mol. The molecule has 7 nitrogen and oxygen atoms in total. The van der Waals surface area contributed by atoms with Crippen LogP contribution in [0, 0.1) is 5.92 Å². The van der Waals surface area contributed by atoms with E-state index in [1.165, 1.54) is 12.5 Å². The number of nitrogens with one attached hydrogen (secondary N) is 3. The van der Waals surface area contributed by atoms with Gasteiger partial charge in [0, 0.05) is 18.2 Å². The van der Waals surface area contributed by atoms with Gasteiger partial charge in [-0.05, 0) is 61.8 Å². The molecule has 30 heavy (non-hydrogen) atoms. The highest BCUT2D eigenvalue weighted by Gasteiger charge is 2.29. The molecule has 3 rings (SSSR count). The molecule has 0 aromatic heterocycles. The second-order valence-electron chi connectivity index (χ2n) is 8.87. The van der Waals surface area contributed by atoms with Crippen LogP contribution >= 0.6 is 0 Å². The first kappa shape index (κ1) is 22.7. The van der Waals surface area contributed by atoms with Gasteiger partial charge in [-0.2, -0.15) is 4.72 Å². The molecule has 1 aromatic rings. The van der Waals surface area contributed by atoms with Crippen molar-refractivity contribution in [2.45, 2.75) is 88.6 Å². The molecular weight excluding hydrogens is 402 g/mol. The van der Waals surface area contributed by atoms with Crippen molar-refractivity contribution >= 4 is 27.5 Å². The lowest BCUT2D eigenvalue weighted by Crippen LogP contribution is -2.50. The number of hydrogen-bond acceptors (Lipinski definition) is 4. The first-order valence-corrected chi connectivity index (χ1v) is 12.5. The lowest BCUT2D eigenvalue weighted by Gasteiger charge is -2.26. The van der Waals surface area contributed by atoms with E-state index in [1.54, 1.807) is 12.1 Å². The summed E-state index contributed by atoms with van der Waals surface area (Å²) < 4.78 is 28.8. The average Bonchev–Trinajstić information content (AvgIpc) is 2.87. The van der Waals surface area contributed by atoms with Crippen LogP contribution in [-0.4, -0.2) is 32.3 Å². The summed E-state index contributed by atoms with van der Waals surface area (Å²) in [7, 11) is -3.87. The Kier molecular flexibility index (Phi) is 7.52. The molecule has 1 aliphatic carbocycles. The minimum atomic E-state index is -3.87. The number of rotatable bonds is 7. The van der Waals surface area contributed by atoms with Crippen molar-refractivity contribution < 1.29 is 18.0 Å². The van der Waals surface area contributed by atoms with E-state index in [-0.39, 0.29) is 28.7 Å². The minimum absolute atomic E-state index is 0.0566. The predicted molar refractivity (Wildman–Crippen MR) is 117 cm³/mol. The molecule has 8 heteroatoms. The molecule has 3 N–H and O–H groups in total. The van der Waals surface area contributed by atoms with E-state index in [0.717, 1.165) is 31.2 Å². The maximum Gasteiger partial charge on any atom is 0.241 e. The van der Waals surface area contributed by atoms with Crippen LogP contribution < -0.4 is 15.4 Å². The molecule has 2 aliphatic rings. The number of amides is 2. The standard InChI is InChI=1S/C22H33N3O4S/c1-15(2)13-20(22(27)23-17-8-4-3-5-9-17)25-30(28,29)18-11-12-19-16(14-18)7-6-10-21(26)24-19/h11-12,14-15,17,20,25H,3-10,13H2,1-2H3,(H,23,27)(H,24,26)/t20-/m1/s1. The van der Waals surface area contributed by atoms with Gasteiger partial charge in [-0.25, -0.2) is 8.42 Å². The van der Waals surface area contributed by atoms with E-state index in [4.69, 9.17) is 0 Å². The second-order valence-corrected chi connectivity index (χ2v) is 10.6. The van der Waals surface area contributed by atoms with E-state index in [9.17, 15) is 18.0 Å². The van der Waals surface area contributed by atoms with Crippen molar-refractivity contribution in [2.24, 2.45) is 5.92 Å². The summed E-state index contributed by atoms with van der Waals surface area (Å²) in [4.78, 5) is 24.7. The number of sulfonamides is 1. The van der Waals surface area contributed by atoms with Gasteiger partial charge in [-0.15, -0.1) is 0 Å². The Morgan fingerprint density at radius 2 is 1.87 bits per heavy atom. The molecular formula is C22H33N3O4S. The van der Waals surface area contributed by atoms with Gasteiger partial charge in [0.25, 0.3) is 0 Å². The largest absolute Gasteiger partial charge is 0.352 e. The van der Waals surface area contributed by atoms with Crippen LogP contribution in [0.25, 0.3) is 0 Å². The van der Waals surface area contributed by atoms with Crippen LogP contribution in [0.5, 0.6) is 0 Å². The van der Waals surface area contributed by atoms with E-state index >= 15 is 0 Å². The summed E-state index contributed by atoms with van der Waals surface area (Å²) in [6.45, 7) is 3.94. The summed E-state index contributed by atoms with van der Waals surface area (Å²) >= 11 is 0. The number of hydrogen-bond donors (Lipinski definition) is 3. The van der Waals surface area contributed by atoms with Crippen LogP contribution in [-0.2, 0) is 26.0 Å². The van der Waals surface area contributed by atoms with Gasteiger partial charge in [0.1, 0.15) is 6.04 Å². The van der Waals surface area contributed by atoms with E-state index in [0.29, 0.717) is 31.4 Å². The van der Waals surface area contributed by atoms with Crippen molar-refractivity contribution in [3.8, 4) is 0 Å². The van der Waals surface area contributed by atoms with Crippen LogP contribution in [0.4, 0.5) is 5.69 Å². The number of carbonyl (C=O) groups is 2. The third-order valence-corrected chi connectivity index (χ3v) is 7.25. The molecule has 166 valence electrons. The zero-order valence-corrected chi connectivity index (χ0v) is 18.7. The molecule has 2 amide bonds. The monoisotopic (exact) mass is 435 g/mol. The molecule has 1 heterocycles. The Morgan fingerprint density at radius 3 is 2.57 bits per heavy atom. The van der Waals surface area contributed by atoms with Gasteiger partial charge in [-0.3, -0.25) is 9.59 Å². The fourth-order valence-electron chi connectivity index (χ4n) is 4.20. The molecule has 0 spiro atoms. The van der Waals surface area contributed by atoms with Gasteiger partial charge in [0.05, 0.1) is 4.90 Å². The highest BCUT2D eigenvalue weighted by Crippen LogP contribution is 2.25. The maximum absolute atomic E-state index is 13.1. The zero-order chi connectivity index (χ0) is 21.7. The number of aryl methyl sites for hydroxylation is 1. The molecule has 0 saturated heterocycles. The minimum Gasteiger partial charge on any atom is -0.352 e. The van der Waals surface area contributed by atoms with Gasteiger partial charge in [-0.1, -0.05) is 33.1 Å². The van der Waals surface area contributed by atoms with Crippen LogP contribution in [0.1, 0.15) is 70.8 Å². The molecule has 1 aromatic carbocycles. The highest BCUT2D eigenvalue weighted by molar-refractivity contribution is 7.89. The quantitative estimate of drug-likeness (QED) is 0.612. The zero-order valence-electron chi connectivity index (χ0n) is 17.9.